The molecule has 0 heterocycles. The molecular weight excluding hydrogens is 254 g/mol. The Morgan fingerprint density at radius 1 is 1.10 bits per heavy atom. The summed E-state index contributed by atoms with van der Waals surface area (Å²) in [6, 6.07) is 0.525. The van der Waals surface area contributed by atoms with Gasteiger partial charge in [0, 0.05) is 26.4 Å². The predicted molar refractivity (Wildman–Crippen MR) is 82.1 cm³/mol. The van der Waals surface area contributed by atoms with Gasteiger partial charge in [-0.2, -0.15) is 0 Å². The van der Waals surface area contributed by atoms with Gasteiger partial charge in [-0.05, 0) is 38.6 Å². The third-order valence-electron chi connectivity index (χ3n) is 4.16. The number of hydrogen-bond donors (Lipinski definition) is 1. The first-order valence-electron chi connectivity index (χ1n) is 8.17. The van der Waals surface area contributed by atoms with E-state index >= 15 is 0 Å². The van der Waals surface area contributed by atoms with Crippen LogP contribution < -0.4 is 5.32 Å². The second-order valence-corrected chi connectivity index (χ2v) is 5.73. The van der Waals surface area contributed by atoms with Gasteiger partial charge in [-0.1, -0.05) is 19.8 Å². The Morgan fingerprint density at radius 2 is 1.95 bits per heavy atom. The first kappa shape index (κ1) is 17.9. The first-order valence-corrected chi connectivity index (χ1v) is 8.17. The van der Waals surface area contributed by atoms with Crippen molar-refractivity contribution in [1.29, 1.82) is 0 Å². The molecule has 0 aliphatic heterocycles. The van der Waals surface area contributed by atoms with Gasteiger partial charge < -0.3 is 19.5 Å². The molecule has 4 heteroatoms. The van der Waals surface area contributed by atoms with Crippen molar-refractivity contribution in [1.82, 2.24) is 5.32 Å². The molecule has 1 saturated carbocycles. The van der Waals surface area contributed by atoms with Gasteiger partial charge in [0.05, 0.1) is 19.3 Å². The van der Waals surface area contributed by atoms with Crippen LogP contribution in [0.5, 0.6) is 0 Å². The molecule has 0 saturated heterocycles. The van der Waals surface area contributed by atoms with Crippen LogP contribution in [-0.2, 0) is 14.2 Å². The highest BCUT2D eigenvalue weighted by atomic mass is 16.5. The standard InChI is InChI=1S/C16H33NO3/c1-4-6-14-7-8-15(17-2)16(13-14)20-10-5-9-19-12-11-18-3/h14-17H,4-13H2,1-3H3. The molecule has 0 spiro atoms. The molecular formula is C16H33NO3. The third-order valence-corrected chi connectivity index (χ3v) is 4.16. The molecule has 0 aromatic rings. The van der Waals surface area contributed by atoms with Crippen LogP contribution in [0.25, 0.3) is 0 Å². The van der Waals surface area contributed by atoms with Crippen molar-refractivity contribution in [2.45, 2.75) is 57.6 Å². The lowest BCUT2D eigenvalue weighted by Gasteiger charge is -2.36. The first-order chi connectivity index (χ1) is 9.81. The van der Waals surface area contributed by atoms with Gasteiger partial charge in [0.25, 0.3) is 0 Å². The molecule has 3 unspecified atom stereocenters. The Labute approximate surface area is 124 Å². The fraction of sp³-hybridized carbons (Fsp3) is 1.00. The van der Waals surface area contributed by atoms with E-state index in [-0.39, 0.29) is 0 Å². The average molecular weight is 287 g/mol. The van der Waals surface area contributed by atoms with Crippen LogP contribution in [0.1, 0.15) is 45.4 Å². The molecule has 3 atom stereocenters. The van der Waals surface area contributed by atoms with Crippen LogP contribution in [0.2, 0.25) is 0 Å². The number of nitrogens with one attached hydrogen (secondary N) is 1. The van der Waals surface area contributed by atoms with Crippen LogP contribution in [0.15, 0.2) is 0 Å². The van der Waals surface area contributed by atoms with Crippen molar-refractivity contribution in [3.05, 3.63) is 0 Å². The van der Waals surface area contributed by atoms with Crippen LogP contribution in [0.3, 0.4) is 0 Å². The number of rotatable bonds is 11. The normalized spacial score (nSPS) is 26.9. The Balaban J connectivity index is 2.14. The van der Waals surface area contributed by atoms with Crippen LogP contribution >= 0.6 is 0 Å². The fourth-order valence-corrected chi connectivity index (χ4v) is 3.04. The van der Waals surface area contributed by atoms with Crippen molar-refractivity contribution in [3.63, 3.8) is 0 Å². The lowest BCUT2D eigenvalue weighted by atomic mass is 9.81. The van der Waals surface area contributed by atoms with Gasteiger partial charge in [-0.3, -0.25) is 0 Å². The van der Waals surface area contributed by atoms with E-state index in [1.807, 2.05) is 0 Å². The quantitative estimate of drug-likeness (QED) is 0.593. The van der Waals surface area contributed by atoms with Gasteiger partial charge in [-0.25, -0.2) is 0 Å². The second-order valence-electron chi connectivity index (χ2n) is 5.73. The highest BCUT2D eigenvalue weighted by Crippen LogP contribution is 2.29. The smallest absolute Gasteiger partial charge is 0.0730 e. The molecule has 1 aliphatic rings. The number of ether oxygens (including phenoxy) is 3. The van der Waals surface area contributed by atoms with Crippen molar-refractivity contribution in [2.24, 2.45) is 5.92 Å². The van der Waals surface area contributed by atoms with Gasteiger partial charge >= 0.3 is 0 Å². The molecule has 1 rings (SSSR count). The van der Waals surface area contributed by atoms with Gasteiger partial charge in [0.15, 0.2) is 0 Å². The molecule has 120 valence electrons. The molecule has 1 aliphatic carbocycles. The molecule has 0 aromatic heterocycles. The largest absolute Gasteiger partial charge is 0.382 e. The van der Waals surface area contributed by atoms with Gasteiger partial charge in [0.2, 0.25) is 0 Å². The van der Waals surface area contributed by atoms with E-state index in [0.29, 0.717) is 25.4 Å². The maximum absolute atomic E-state index is 6.10. The summed E-state index contributed by atoms with van der Waals surface area (Å²) in [5, 5.41) is 3.41. The zero-order valence-electron chi connectivity index (χ0n) is 13.5. The Kier molecular flexibility index (Phi) is 10.3. The summed E-state index contributed by atoms with van der Waals surface area (Å²) in [4.78, 5) is 0. The highest BCUT2D eigenvalue weighted by Gasteiger charge is 2.29. The molecule has 0 radical (unpaired) electrons. The number of hydrogen-bond acceptors (Lipinski definition) is 4. The zero-order valence-corrected chi connectivity index (χ0v) is 13.5. The van der Waals surface area contributed by atoms with E-state index in [0.717, 1.165) is 25.6 Å². The average Bonchev–Trinajstić information content (AvgIpc) is 2.47. The Bertz CT molecular complexity index is 226. The molecule has 4 nitrogen and oxygen atoms in total. The zero-order chi connectivity index (χ0) is 14.6. The lowest BCUT2D eigenvalue weighted by Crippen LogP contribution is -2.44. The highest BCUT2D eigenvalue weighted by molar-refractivity contribution is 4.84. The molecule has 0 bridgehead atoms. The summed E-state index contributed by atoms with van der Waals surface area (Å²) in [6.45, 7) is 5.19. The van der Waals surface area contributed by atoms with Gasteiger partial charge in [-0.15, -0.1) is 0 Å². The minimum atomic E-state index is 0.379. The lowest BCUT2D eigenvalue weighted by molar-refractivity contribution is -0.0202. The maximum Gasteiger partial charge on any atom is 0.0730 e. The van der Waals surface area contributed by atoms with E-state index in [1.54, 1.807) is 7.11 Å². The SMILES string of the molecule is CCCC1CCC(NC)C(OCCCOCCOC)C1. The van der Waals surface area contributed by atoms with E-state index < -0.39 is 0 Å². The number of methoxy groups -OCH3 is 1. The summed E-state index contributed by atoms with van der Waals surface area (Å²) in [5.41, 5.74) is 0. The summed E-state index contributed by atoms with van der Waals surface area (Å²) in [6.07, 6.45) is 7.78. The summed E-state index contributed by atoms with van der Waals surface area (Å²) in [5.74, 6) is 0.854. The van der Waals surface area contributed by atoms with Gasteiger partial charge in [0.1, 0.15) is 0 Å². The Hall–Kier alpha value is -0.160. The topological polar surface area (TPSA) is 39.7 Å². The van der Waals surface area contributed by atoms with E-state index in [2.05, 4.69) is 19.3 Å². The van der Waals surface area contributed by atoms with Crippen molar-refractivity contribution in [3.8, 4) is 0 Å². The summed E-state index contributed by atoms with van der Waals surface area (Å²) in [7, 11) is 3.75. The minimum absolute atomic E-state index is 0.379. The van der Waals surface area contributed by atoms with Crippen LogP contribution in [0, 0.1) is 5.92 Å². The molecule has 20 heavy (non-hydrogen) atoms. The van der Waals surface area contributed by atoms with Crippen molar-refractivity contribution >= 4 is 0 Å². The Morgan fingerprint density at radius 3 is 2.65 bits per heavy atom. The fourth-order valence-electron chi connectivity index (χ4n) is 3.04. The van der Waals surface area contributed by atoms with Crippen molar-refractivity contribution < 1.29 is 14.2 Å². The third kappa shape index (κ3) is 7.02. The molecule has 1 fully saturated rings. The van der Waals surface area contributed by atoms with E-state index in [1.165, 1.54) is 32.1 Å². The minimum Gasteiger partial charge on any atom is -0.382 e. The maximum atomic E-state index is 6.10. The number of likely N-dealkylation sites (N-methyl/N-ethyl adjacent to an activating group) is 1. The summed E-state index contributed by atoms with van der Waals surface area (Å²) >= 11 is 0. The predicted octanol–water partition coefficient (Wildman–Crippen LogP) is 2.61. The molecule has 0 aromatic carbocycles. The molecule has 1 N–H and O–H groups in total. The monoisotopic (exact) mass is 287 g/mol. The molecule has 0 amide bonds. The van der Waals surface area contributed by atoms with Crippen LogP contribution in [-0.4, -0.2) is 52.7 Å². The van der Waals surface area contributed by atoms with Crippen molar-refractivity contribution in [2.75, 3.05) is 40.6 Å². The van der Waals surface area contributed by atoms with E-state index in [4.69, 9.17) is 14.2 Å². The second kappa shape index (κ2) is 11.5. The van der Waals surface area contributed by atoms with Crippen LogP contribution in [0.4, 0.5) is 0 Å². The van der Waals surface area contributed by atoms with E-state index in [9.17, 15) is 0 Å². The summed E-state index contributed by atoms with van der Waals surface area (Å²) < 4.78 is 16.5.